The molecule has 4 bridgehead atoms. The van der Waals surface area contributed by atoms with Crippen LogP contribution in [0.3, 0.4) is 0 Å². The maximum atomic E-state index is 12.5. The molecule has 5 fully saturated rings. The van der Waals surface area contributed by atoms with Crippen LogP contribution in [0.4, 0.5) is 5.82 Å². The van der Waals surface area contributed by atoms with Gasteiger partial charge in [-0.2, -0.15) is 0 Å². The van der Waals surface area contributed by atoms with E-state index in [4.69, 9.17) is 10.7 Å². The Labute approximate surface area is 191 Å². The van der Waals surface area contributed by atoms with Gasteiger partial charge in [0, 0.05) is 32.2 Å². The molecule has 3 atom stereocenters. The predicted octanol–water partition coefficient (Wildman–Crippen LogP) is 2.12. The molecule has 1 saturated heterocycles. The van der Waals surface area contributed by atoms with Gasteiger partial charge < -0.3 is 20.8 Å². The van der Waals surface area contributed by atoms with Crippen LogP contribution in [-0.2, 0) is 0 Å². The highest BCUT2D eigenvalue weighted by Gasteiger charge is 2.55. The number of carbonyl (C=O) groups is 1. The Morgan fingerprint density at radius 1 is 1.22 bits per heavy atom. The molecular weight excluding hydrogens is 404 g/mol. The number of nitrogens with two attached hydrogens (primary N) is 1. The summed E-state index contributed by atoms with van der Waals surface area (Å²) < 4.78 is 0. The third-order valence-electron chi connectivity index (χ3n) is 8.36. The minimum absolute atomic E-state index is 0.223. The first-order chi connectivity index (χ1) is 15.0. The Bertz CT molecular complexity index is 882. The molecule has 0 aromatic carbocycles. The van der Waals surface area contributed by atoms with Crippen LogP contribution in [0.15, 0.2) is 12.1 Å². The van der Waals surface area contributed by atoms with Gasteiger partial charge in [-0.3, -0.25) is 9.69 Å². The summed E-state index contributed by atoms with van der Waals surface area (Å²) in [5.41, 5.74) is 6.05. The molecule has 6 rings (SSSR count). The van der Waals surface area contributed by atoms with Gasteiger partial charge in [-0.05, 0) is 88.2 Å². The minimum atomic E-state index is -0.716. The number of pyridine rings is 1. The van der Waals surface area contributed by atoms with E-state index in [1.807, 2.05) is 13.8 Å². The number of nitrogens with zero attached hydrogens (tertiary/aromatic N) is 3. The van der Waals surface area contributed by atoms with Crippen molar-refractivity contribution >= 4 is 11.7 Å². The monoisotopic (exact) mass is 442 g/mol. The van der Waals surface area contributed by atoms with Crippen LogP contribution in [0.5, 0.6) is 0 Å². The molecule has 1 aliphatic heterocycles. The maximum absolute atomic E-state index is 12.5. The van der Waals surface area contributed by atoms with Gasteiger partial charge in [0.05, 0.1) is 11.2 Å². The number of rotatable bonds is 5. The lowest BCUT2D eigenvalue weighted by atomic mass is 9.49. The molecule has 176 valence electrons. The third-order valence-corrected chi connectivity index (χ3v) is 8.36. The number of anilines is 1. The Morgan fingerprint density at radius 2 is 1.91 bits per heavy atom. The highest BCUT2D eigenvalue weighted by atomic mass is 16.3. The van der Waals surface area contributed by atoms with E-state index in [-0.39, 0.29) is 12.0 Å². The number of amides is 1. The van der Waals surface area contributed by atoms with Crippen molar-refractivity contribution in [2.45, 2.75) is 76.0 Å². The van der Waals surface area contributed by atoms with E-state index >= 15 is 0 Å². The zero-order chi connectivity index (χ0) is 22.8. The summed E-state index contributed by atoms with van der Waals surface area (Å²) in [7, 11) is 0. The third kappa shape index (κ3) is 4.03. The number of aromatic nitrogens is 1. The van der Waals surface area contributed by atoms with E-state index in [9.17, 15) is 15.0 Å². The lowest BCUT2D eigenvalue weighted by Gasteiger charge is -2.58. The Hall–Kier alpha value is -1.70. The molecule has 7 nitrogen and oxygen atoms in total. The van der Waals surface area contributed by atoms with Gasteiger partial charge in [0.2, 0.25) is 0 Å². The number of carbonyl (C=O) groups excluding carboxylic acids is 1. The van der Waals surface area contributed by atoms with Crippen molar-refractivity contribution in [3.63, 3.8) is 0 Å². The number of primary amides is 1. The molecule has 1 amide bonds. The second-order valence-corrected chi connectivity index (χ2v) is 11.8. The Morgan fingerprint density at radius 3 is 2.47 bits per heavy atom. The van der Waals surface area contributed by atoms with Gasteiger partial charge in [0.25, 0.3) is 5.91 Å². The van der Waals surface area contributed by atoms with Gasteiger partial charge in [0.15, 0.2) is 0 Å². The molecule has 2 heterocycles. The van der Waals surface area contributed by atoms with Crippen molar-refractivity contribution in [2.75, 3.05) is 31.1 Å². The number of hydrogen-bond donors (Lipinski definition) is 3. The predicted molar refractivity (Wildman–Crippen MR) is 124 cm³/mol. The molecule has 1 aromatic heterocycles. The SMILES string of the molecule is CC1CN(CC(C)(C)O)CCN1c1ccc(C2C3CC4CC2CC(O)(C4)C3)c(C(N)=O)n1. The first-order valence-electron chi connectivity index (χ1n) is 12.3. The van der Waals surface area contributed by atoms with Crippen molar-refractivity contribution in [3.05, 3.63) is 23.4 Å². The lowest BCUT2D eigenvalue weighted by molar-refractivity contribution is -0.134. The summed E-state index contributed by atoms with van der Waals surface area (Å²) in [4.78, 5) is 21.8. The normalized spacial score (nSPS) is 37.2. The van der Waals surface area contributed by atoms with Crippen LogP contribution in [0.1, 0.15) is 74.8 Å². The minimum Gasteiger partial charge on any atom is -0.390 e. The molecule has 1 aromatic rings. The summed E-state index contributed by atoms with van der Waals surface area (Å²) in [6, 6.07) is 4.37. The van der Waals surface area contributed by atoms with E-state index < -0.39 is 17.1 Å². The summed E-state index contributed by atoms with van der Waals surface area (Å²) in [5, 5.41) is 21.1. The Balaban J connectivity index is 1.38. The molecule has 7 heteroatoms. The zero-order valence-electron chi connectivity index (χ0n) is 19.6. The molecule has 5 aliphatic rings. The fourth-order valence-corrected chi connectivity index (χ4v) is 7.64. The van der Waals surface area contributed by atoms with Crippen LogP contribution in [0.2, 0.25) is 0 Å². The molecule has 0 radical (unpaired) electrons. The highest BCUT2D eigenvalue weighted by Crippen LogP contribution is 2.61. The number of hydrogen-bond acceptors (Lipinski definition) is 6. The fraction of sp³-hybridized carbons (Fsp3) is 0.760. The van der Waals surface area contributed by atoms with Crippen molar-refractivity contribution < 1.29 is 15.0 Å². The van der Waals surface area contributed by atoms with Crippen LogP contribution >= 0.6 is 0 Å². The van der Waals surface area contributed by atoms with Crippen LogP contribution in [0.25, 0.3) is 0 Å². The quantitative estimate of drug-likeness (QED) is 0.645. The fourth-order valence-electron chi connectivity index (χ4n) is 7.64. The molecule has 3 unspecified atom stereocenters. The van der Waals surface area contributed by atoms with E-state index in [1.165, 1.54) is 0 Å². The average molecular weight is 443 g/mol. The summed E-state index contributed by atoms with van der Waals surface area (Å²) in [6.07, 6.45) is 4.91. The zero-order valence-corrected chi connectivity index (χ0v) is 19.6. The van der Waals surface area contributed by atoms with Crippen LogP contribution in [0, 0.1) is 17.8 Å². The number of β-amino-alcohol motifs (C(OH)–C–C–N with tert-alkyl or cyclic N) is 1. The smallest absolute Gasteiger partial charge is 0.267 e. The molecular formula is C25H38N4O3. The van der Waals surface area contributed by atoms with E-state index in [1.54, 1.807) is 0 Å². The summed E-state index contributed by atoms with van der Waals surface area (Å²) >= 11 is 0. The van der Waals surface area contributed by atoms with Crippen LogP contribution in [-0.4, -0.2) is 69.4 Å². The summed E-state index contributed by atoms with van der Waals surface area (Å²) in [6.45, 7) is 8.96. The second-order valence-electron chi connectivity index (χ2n) is 11.8. The number of piperazine rings is 1. The van der Waals surface area contributed by atoms with Crippen molar-refractivity contribution in [1.29, 1.82) is 0 Å². The van der Waals surface area contributed by atoms with Gasteiger partial charge in [-0.25, -0.2) is 4.98 Å². The molecule has 4 N–H and O–H groups in total. The molecule has 4 saturated carbocycles. The van der Waals surface area contributed by atoms with Crippen molar-refractivity contribution in [2.24, 2.45) is 23.5 Å². The van der Waals surface area contributed by atoms with Gasteiger partial charge in [-0.1, -0.05) is 6.07 Å². The van der Waals surface area contributed by atoms with Crippen LogP contribution < -0.4 is 10.6 Å². The van der Waals surface area contributed by atoms with E-state index in [2.05, 4.69) is 28.9 Å². The Kier molecular flexibility index (Phi) is 5.30. The second kappa shape index (κ2) is 7.67. The van der Waals surface area contributed by atoms with Gasteiger partial charge in [0.1, 0.15) is 11.5 Å². The summed E-state index contributed by atoms with van der Waals surface area (Å²) in [5.74, 6) is 2.08. The number of aliphatic hydroxyl groups is 2. The lowest BCUT2D eigenvalue weighted by Crippen LogP contribution is -2.55. The first-order valence-corrected chi connectivity index (χ1v) is 12.3. The van der Waals surface area contributed by atoms with Gasteiger partial charge in [-0.15, -0.1) is 0 Å². The average Bonchev–Trinajstić information content (AvgIpc) is 2.65. The van der Waals surface area contributed by atoms with Crippen molar-refractivity contribution in [3.8, 4) is 0 Å². The van der Waals surface area contributed by atoms with E-state index in [0.717, 1.165) is 63.1 Å². The molecule has 4 aliphatic carbocycles. The molecule has 32 heavy (non-hydrogen) atoms. The van der Waals surface area contributed by atoms with Crippen molar-refractivity contribution in [1.82, 2.24) is 9.88 Å². The standard InChI is InChI=1S/C25H38N4O3/c1-15-13-28(14-24(2,3)31)6-7-29(15)20-5-4-19(22(27-20)23(26)30)21-17-8-16-9-18(21)12-25(32,10-16)11-17/h4-5,15-18,21,31-32H,6-14H2,1-3H3,(H2,26,30). The topological polar surface area (TPSA) is 103 Å². The van der Waals surface area contributed by atoms with Gasteiger partial charge >= 0.3 is 0 Å². The highest BCUT2D eigenvalue weighted by molar-refractivity contribution is 5.93. The maximum Gasteiger partial charge on any atom is 0.267 e. The largest absolute Gasteiger partial charge is 0.390 e. The van der Waals surface area contributed by atoms with E-state index in [0.29, 0.717) is 30.0 Å². The molecule has 0 spiro atoms. The first kappa shape index (κ1) is 22.1.